The number of benzene rings is 1. The van der Waals surface area contributed by atoms with Gasteiger partial charge < -0.3 is 4.90 Å². The van der Waals surface area contributed by atoms with E-state index in [1.54, 1.807) is 18.2 Å². The van der Waals surface area contributed by atoms with Crippen molar-refractivity contribution < 1.29 is 9.18 Å². The maximum absolute atomic E-state index is 13.3. The standard InChI is InChI=1S/C13H14FNO/c1-3-9-15(4-2)13(16)10-11-7-5-6-8-12(11)14/h1,5-8H,4,9-10H2,2H3. The Balaban J connectivity index is 2.71. The molecule has 0 unspecified atom stereocenters. The smallest absolute Gasteiger partial charge is 0.227 e. The molecule has 16 heavy (non-hydrogen) atoms. The number of halogens is 1. The molecule has 0 aliphatic carbocycles. The lowest BCUT2D eigenvalue weighted by molar-refractivity contribution is -0.129. The molecule has 1 rings (SSSR count). The van der Waals surface area contributed by atoms with Crippen molar-refractivity contribution in [3.8, 4) is 12.3 Å². The van der Waals surface area contributed by atoms with E-state index >= 15 is 0 Å². The third-order valence-corrected chi connectivity index (χ3v) is 2.32. The number of hydrogen-bond donors (Lipinski definition) is 0. The highest BCUT2D eigenvalue weighted by molar-refractivity contribution is 5.79. The van der Waals surface area contributed by atoms with Crippen LogP contribution < -0.4 is 0 Å². The number of hydrogen-bond acceptors (Lipinski definition) is 1. The monoisotopic (exact) mass is 219 g/mol. The van der Waals surface area contributed by atoms with Crippen molar-refractivity contribution in [1.82, 2.24) is 4.90 Å². The summed E-state index contributed by atoms with van der Waals surface area (Å²) in [6, 6.07) is 6.27. The number of amides is 1. The van der Waals surface area contributed by atoms with Gasteiger partial charge in [0.05, 0.1) is 13.0 Å². The lowest BCUT2D eigenvalue weighted by atomic mass is 10.1. The first-order chi connectivity index (χ1) is 7.69. The minimum Gasteiger partial charge on any atom is -0.332 e. The molecule has 3 heteroatoms. The molecular formula is C13H14FNO. The summed E-state index contributed by atoms with van der Waals surface area (Å²) in [6.07, 6.45) is 5.21. The molecule has 1 aromatic rings. The highest BCUT2D eigenvalue weighted by Gasteiger charge is 2.12. The van der Waals surface area contributed by atoms with Crippen molar-refractivity contribution in [2.24, 2.45) is 0 Å². The molecule has 0 aliphatic rings. The zero-order valence-electron chi connectivity index (χ0n) is 9.24. The third kappa shape index (κ3) is 3.09. The average Bonchev–Trinajstić information content (AvgIpc) is 2.29. The number of carbonyl (C=O) groups excluding carboxylic acids is 1. The summed E-state index contributed by atoms with van der Waals surface area (Å²) in [6.45, 7) is 2.65. The van der Waals surface area contributed by atoms with Crippen LogP contribution in [0, 0.1) is 18.2 Å². The summed E-state index contributed by atoms with van der Waals surface area (Å²) in [5, 5.41) is 0. The largest absolute Gasteiger partial charge is 0.332 e. The summed E-state index contributed by atoms with van der Waals surface area (Å²) in [5.41, 5.74) is 0.406. The Labute approximate surface area is 95.1 Å². The first-order valence-corrected chi connectivity index (χ1v) is 5.13. The lowest BCUT2D eigenvalue weighted by Crippen LogP contribution is -2.32. The predicted molar refractivity (Wildman–Crippen MR) is 61.2 cm³/mol. The van der Waals surface area contributed by atoms with Gasteiger partial charge in [0.2, 0.25) is 5.91 Å². The highest BCUT2D eigenvalue weighted by Crippen LogP contribution is 2.08. The molecule has 0 aliphatic heterocycles. The molecule has 0 atom stereocenters. The molecule has 84 valence electrons. The summed E-state index contributed by atoms with van der Waals surface area (Å²) < 4.78 is 13.3. The van der Waals surface area contributed by atoms with Crippen LogP contribution in [0.25, 0.3) is 0 Å². The van der Waals surface area contributed by atoms with Crippen molar-refractivity contribution in [1.29, 1.82) is 0 Å². The van der Waals surface area contributed by atoms with E-state index in [0.29, 0.717) is 12.1 Å². The van der Waals surface area contributed by atoms with E-state index < -0.39 is 0 Å². The second kappa shape index (κ2) is 5.92. The van der Waals surface area contributed by atoms with Crippen LogP contribution in [0.4, 0.5) is 4.39 Å². The number of nitrogens with zero attached hydrogens (tertiary/aromatic N) is 1. The van der Waals surface area contributed by atoms with E-state index in [0.717, 1.165) is 0 Å². The summed E-state index contributed by atoms with van der Waals surface area (Å²) in [7, 11) is 0. The van der Waals surface area contributed by atoms with Crippen molar-refractivity contribution in [3.05, 3.63) is 35.6 Å². The first kappa shape index (κ1) is 12.3. The van der Waals surface area contributed by atoms with Crippen molar-refractivity contribution in [3.63, 3.8) is 0 Å². The topological polar surface area (TPSA) is 20.3 Å². The molecule has 1 aromatic carbocycles. The van der Waals surface area contributed by atoms with E-state index in [-0.39, 0.29) is 24.7 Å². The van der Waals surface area contributed by atoms with Gasteiger partial charge in [-0.05, 0) is 18.6 Å². The van der Waals surface area contributed by atoms with Crippen LogP contribution in [0.3, 0.4) is 0 Å². The maximum atomic E-state index is 13.3. The average molecular weight is 219 g/mol. The van der Waals surface area contributed by atoms with Gasteiger partial charge in [-0.3, -0.25) is 4.79 Å². The Morgan fingerprint density at radius 2 is 2.19 bits per heavy atom. The lowest BCUT2D eigenvalue weighted by Gasteiger charge is -2.17. The predicted octanol–water partition coefficient (Wildman–Crippen LogP) is 1.85. The van der Waals surface area contributed by atoms with Crippen LogP contribution >= 0.6 is 0 Å². The maximum Gasteiger partial charge on any atom is 0.227 e. The van der Waals surface area contributed by atoms with Crippen LogP contribution in [0.2, 0.25) is 0 Å². The molecule has 0 bridgehead atoms. The van der Waals surface area contributed by atoms with Crippen molar-refractivity contribution in [2.45, 2.75) is 13.3 Å². The molecule has 0 aromatic heterocycles. The second-order valence-electron chi connectivity index (χ2n) is 3.38. The minimum absolute atomic E-state index is 0.0577. The van der Waals surface area contributed by atoms with Gasteiger partial charge in [0.25, 0.3) is 0 Å². The van der Waals surface area contributed by atoms with Gasteiger partial charge in [-0.2, -0.15) is 0 Å². The number of rotatable bonds is 4. The van der Waals surface area contributed by atoms with Crippen LogP contribution in [0.1, 0.15) is 12.5 Å². The molecule has 0 spiro atoms. The van der Waals surface area contributed by atoms with E-state index in [2.05, 4.69) is 5.92 Å². The van der Waals surface area contributed by atoms with Gasteiger partial charge in [-0.1, -0.05) is 24.1 Å². The Morgan fingerprint density at radius 1 is 1.50 bits per heavy atom. The Kier molecular flexibility index (Phi) is 4.53. The van der Waals surface area contributed by atoms with Crippen molar-refractivity contribution in [2.75, 3.05) is 13.1 Å². The van der Waals surface area contributed by atoms with E-state index in [4.69, 9.17) is 6.42 Å². The third-order valence-electron chi connectivity index (χ3n) is 2.32. The fourth-order valence-electron chi connectivity index (χ4n) is 1.40. The number of likely N-dealkylation sites (N-methyl/N-ethyl adjacent to an activating group) is 1. The Hall–Kier alpha value is -1.82. The van der Waals surface area contributed by atoms with Gasteiger partial charge >= 0.3 is 0 Å². The summed E-state index contributed by atoms with van der Waals surface area (Å²) >= 11 is 0. The summed E-state index contributed by atoms with van der Waals surface area (Å²) in [4.78, 5) is 13.3. The molecule has 0 saturated heterocycles. The van der Waals surface area contributed by atoms with Crippen LogP contribution in [-0.2, 0) is 11.2 Å². The first-order valence-electron chi connectivity index (χ1n) is 5.13. The van der Waals surface area contributed by atoms with Crippen LogP contribution in [0.15, 0.2) is 24.3 Å². The zero-order chi connectivity index (χ0) is 12.0. The molecule has 0 heterocycles. The molecule has 0 radical (unpaired) electrons. The van der Waals surface area contributed by atoms with E-state index in [1.165, 1.54) is 11.0 Å². The fourth-order valence-corrected chi connectivity index (χ4v) is 1.40. The van der Waals surface area contributed by atoms with Crippen molar-refractivity contribution >= 4 is 5.91 Å². The van der Waals surface area contributed by atoms with E-state index in [1.807, 2.05) is 6.92 Å². The fraction of sp³-hybridized carbons (Fsp3) is 0.308. The number of terminal acetylenes is 1. The molecule has 0 fully saturated rings. The van der Waals surface area contributed by atoms with Gasteiger partial charge in [0.15, 0.2) is 0 Å². The normalized spacial score (nSPS) is 9.56. The molecular weight excluding hydrogens is 205 g/mol. The van der Waals surface area contributed by atoms with Crippen LogP contribution in [0.5, 0.6) is 0 Å². The van der Waals surface area contributed by atoms with Crippen LogP contribution in [-0.4, -0.2) is 23.9 Å². The Morgan fingerprint density at radius 3 is 2.75 bits per heavy atom. The second-order valence-corrected chi connectivity index (χ2v) is 3.38. The minimum atomic E-state index is -0.354. The van der Waals surface area contributed by atoms with E-state index in [9.17, 15) is 9.18 Å². The SMILES string of the molecule is C#CCN(CC)C(=O)Cc1ccccc1F. The highest BCUT2D eigenvalue weighted by atomic mass is 19.1. The molecule has 1 amide bonds. The quantitative estimate of drug-likeness (QED) is 0.708. The Bertz CT molecular complexity index is 409. The molecule has 0 saturated carbocycles. The zero-order valence-corrected chi connectivity index (χ0v) is 9.24. The molecule has 2 nitrogen and oxygen atoms in total. The number of carbonyl (C=O) groups is 1. The summed E-state index contributed by atoms with van der Waals surface area (Å²) in [5.74, 6) is 1.91. The van der Waals surface area contributed by atoms with Gasteiger partial charge in [-0.15, -0.1) is 6.42 Å². The molecule has 0 N–H and O–H groups in total. The van der Waals surface area contributed by atoms with Gasteiger partial charge in [0.1, 0.15) is 5.82 Å². The van der Waals surface area contributed by atoms with Gasteiger partial charge in [0, 0.05) is 6.54 Å². The van der Waals surface area contributed by atoms with Gasteiger partial charge in [-0.25, -0.2) is 4.39 Å².